The molecule has 7 heteroatoms. The molecule has 1 N–H and O–H groups in total. The summed E-state index contributed by atoms with van der Waals surface area (Å²) in [4.78, 5) is 19.7. The smallest absolute Gasteiger partial charge is 0.276 e. The van der Waals surface area contributed by atoms with Crippen LogP contribution in [0.1, 0.15) is 20.8 Å². The van der Waals surface area contributed by atoms with E-state index in [1.807, 2.05) is 6.92 Å². The maximum Gasteiger partial charge on any atom is 0.276 e. The van der Waals surface area contributed by atoms with Gasteiger partial charge >= 0.3 is 0 Å². The van der Waals surface area contributed by atoms with E-state index in [-0.39, 0.29) is 16.1 Å². The number of likely N-dealkylation sites (N-methyl/N-ethyl adjacent to an activating group) is 1. The highest BCUT2D eigenvalue weighted by atomic mass is 16.6. The van der Waals surface area contributed by atoms with Crippen LogP contribution in [0.3, 0.4) is 0 Å². The molecule has 1 aliphatic heterocycles. The standard InChI is InChI=1S/C14H23N5O2/c1-5-15-12-8-11(19(20)21)9-13(16-12)18-7-6-17(4)14(2,3)10-18/h8-9H,5-7,10H2,1-4H3,(H,15,16). The van der Waals surface area contributed by atoms with Crippen molar-refractivity contribution in [2.24, 2.45) is 0 Å². The molecule has 1 aromatic heterocycles. The number of aromatic nitrogens is 1. The predicted octanol–water partition coefficient (Wildman–Crippen LogP) is 1.95. The Morgan fingerprint density at radius 2 is 2.14 bits per heavy atom. The van der Waals surface area contributed by atoms with Crippen LogP contribution < -0.4 is 10.2 Å². The lowest BCUT2D eigenvalue weighted by atomic mass is 10.00. The lowest BCUT2D eigenvalue weighted by Gasteiger charge is -2.45. The number of nitro groups is 1. The van der Waals surface area contributed by atoms with Gasteiger partial charge < -0.3 is 10.2 Å². The van der Waals surface area contributed by atoms with E-state index in [2.05, 4.69) is 41.0 Å². The molecule has 2 rings (SSSR count). The monoisotopic (exact) mass is 293 g/mol. The Kier molecular flexibility index (Phi) is 4.32. The van der Waals surface area contributed by atoms with Gasteiger partial charge in [-0.3, -0.25) is 15.0 Å². The van der Waals surface area contributed by atoms with E-state index in [0.717, 1.165) is 19.6 Å². The van der Waals surface area contributed by atoms with Crippen LogP contribution >= 0.6 is 0 Å². The molecule has 1 fully saturated rings. The lowest BCUT2D eigenvalue weighted by molar-refractivity contribution is -0.384. The number of hydrogen-bond donors (Lipinski definition) is 1. The molecule has 21 heavy (non-hydrogen) atoms. The molecule has 0 saturated carbocycles. The average molecular weight is 293 g/mol. The molecule has 7 nitrogen and oxygen atoms in total. The van der Waals surface area contributed by atoms with Gasteiger partial charge in [0.1, 0.15) is 11.6 Å². The highest BCUT2D eigenvalue weighted by Crippen LogP contribution is 2.27. The van der Waals surface area contributed by atoms with Crippen molar-refractivity contribution < 1.29 is 4.92 Å². The van der Waals surface area contributed by atoms with E-state index >= 15 is 0 Å². The Morgan fingerprint density at radius 1 is 1.43 bits per heavy atom. The molecule has 2 heterocycles. The first kappa shape index (κ1) is 15.5. The zero-order chi connectivity index (χ0) is 15.6. The minimum atomic E-state index is -0.368. The summed E-state index contributed by atoms with van der Waals surface area (Å²) >= 11 is 0. The highest BCUT2D eigenvalue weighted by molar-refractivity contribution is 5.56. The molecule has 0 amide bonds. The van der Waals surface area contributed by atoms with Crippen molar-refractivity contribution in [3.63, 3.8) is 0 Å². The lowest BCUT2D eigenvalue weighted by Crippen LogP contribution is -2.57. The van der Waals surface area contributed by atoms with Gasteiger partial charge in [-0.1, -0.05) is 0 Å². The Bertz CT molecular complexity index is 532. The zero-order valence-corrected chi connectivity index (χ0v) is 13.1. The van der Waals surface area contributed by atoms with Crippen LogP contribution in [0, 0.1) is 10.1 Å². The fourth-order valence-corrected chi connectivity index (χ4v) is 2.48. The number of rotatable bonds is 4. The van der Waals surface area contributed by atoms with Crippen molar-refractivity contribution >= 4 is 17.3 Å². The first-order chi connectivity index (χ1) is 9.83. The third-order valence-electron chi connectivity index (χ3n) is 4.01. The summed E-state index contributed by atoms with van der Waals surface area (Å²) in [6.07, 6.45) is 0. The molecule has 0 atom stereocenters. The van der Waals surface area contributed by atoms with Crippen molar-refractivity contribution in [2.45, 2.75) is 26.3 Å². The van der Waals surface area contributed by atoms with Gasteiger partial charge in [-0.05, 0) is 27.8 Å². The largest absolute Gasteiger partial charge is 0.370 e. The fraction of sp³-hybridized carbons (Fsp3) is 0.643. The SMILES string of the molecule is CCNc1cc([N+](=O)[O-])cc(N2CCN(C)C(C)(C)C2)n1. The molecule has 0 bridgehead atoms. The molecule has 1 aromatic rings. The van der Waals surface area contributed by atoms with Crippen LogP contribution in [0.4, 0.5) is 17.3 Å². The number of nitrogens with zero attached hydrogens (tertiary/aromatic N) is 4. The van der Waals surface area contributed by atoms with Gasteiger partial charge in [0.2, 0.25) is 0 Å². The van der Waals surface area contributed by atoms with Gasteiger partial charge in [0.25, 0.3) is 5.69 Å². The predicted molar refractivity (Wildman–Crippen MR) is 84.0 cm³/mol. The van der Waals surface area contributed by atoms with Crippen LogP contribution in [0.15, 0.2) is 12.1 Å². The van der Waals surface area contributed by atoms with Crippen molar-refractivity contribution in [2.75, 3.05) is 43.4 Å². The number of pyridine rings is 1. The van der Waals surface area contributed by atoms with Gasteiger partial charge in [-0.15, -0.1) is 0 Å². The summed E-state index contributed by atoms with van der Waals surface area (Å²) in [6, 6.07) is 3.04. The third kappa shape index (κ3) is 3.41. The molecule has 1 aliphatic rings. The van der Waals surface area contributed by atoms with Crippen molar-refractivity contribution in [3.05, 3.63) is 22.2 Å². The Hall–Kier alpha value is -1.89. The maximum absolute atomic E-state index is 11.1. The van der Waals surface area contributed by atoms with Crippen LogP contribution in [0.25, 0.3) is 0 Å². The van der Waals surface area contributed by atoms with Crippen LogP contribution in [0.2, 0.25) is 0 Å². The van der Waals surface area contributed by atoms with Gasteiger partial charge in [0, 0.05) is 31.7 Å². The van der Waals surface area contributed by atoms with E-state index < -0.39 is 0 Å². The average Bonchev–Trinajstić information content (AvgIpc) is 2.41. The summed E-state index contributed by atoms with van der Waals surface area (Å²) in [5, 5.41) is 14.2. The van der Waals surface area contributed by atoms with Crippen LogP contribution in [-0.4, -0.2) is 53.6 Å². The van der Waals surface area contributed by atoms with E-state index in [9.17, 15) is 10.1 Å². The van der Waals surface area contributed by atoms with Gasteiger partial charge in [0.15, 0.2) is 0 Å². The second kappa shape index (κ2) is 5.85. The Labute approximate surface area is 125 Å². The number of piperazine rings is 1. The third-order valence-corrected chi connectivity index (χ3v) is 4.01. The highest BCUT2D eigenvalue weighted by Gasteiger charge is 2.32. The minimum absolute atomic E-state index is 0.0168. The molecule has 1 saturated heterocycles. The Morgan fingerprint density at radius 3 is 2.71 bits per heavy atom. The van der Waals surface area contributed by atoms with E-state index in [4.69, 9.17) is 0 Å². The molecule has 0 unspecified atom stereocenters. The van der Waals surface area contributed by atoms with E-state index in [1.165, 1.54) is 6.07 Å². The van der Waals surface area contributed by atoms with Crippen molar-refractivity contribution in [1.29, 1.82) is 0 Å². The van der Waals surface area contributed by atoms with E-state index in [0.29, 0.717) is 18.2 Å². The van der Waals surface area contributed by atoms with Gasteiger partial charge in [-0.2, -0.15) is 0 Å². The molecule has 0 aromatic carbocycles. The quantitative estimate of drug-likeness (QED) is 0.675. The van der Waals surface area contributed by atoms with Crippen LogP contribution in [-0.2, 0) is 0 Å². The first-order valence-electron chi connectivity index (χ1n) is 7.20. The Balaban J connectivity index is 2.32. The van der Waals surface area contributed by atoms with Crippen molar-refractivity contribution in [3.8, 4) is 0 Å². The molecule has 0 aliphatic carbocycles. The second-order valence-electron chi connectivity index (χ2n) is 6.01. The molecule has 0 radical (unpaired) electrons. The molecule has 116 valence electrons. The van der Waals surface area contributed by atoms with E-state index in [1.54, 1.807) is 6.07 Å². The van der Waals surface area contributed by atoms with Crippen LogP contribution in [0.5, 0.6) is 0 Å². The summed E-state index contributed by atoms with van der Waals surface area (Å²) in [6.45, 7) is 9.49. The molecular weight excluding hydrogens is 270 g/mol. The zero-order valence-electron chi connectivity index (χ0n) is 13.1. The number of hydrogen-bond acceptors (Lipinski definition) is 6. The number of nitrogens with one attached hydrogen (secondary N) is 1. The number of anilines is 2. The summed E-state index contributed by atoms with van der Waals surface area (Å²) in [5.41, 5.74) is 0.0933. The normalized spacial score (nSPS) is 18.6. The fourth-order valence-electron chi connectivity index (χ4n) is 2.48. The maximum atomic E-state index is 11.1. The van der Waals surface area contributed by atoms with Gasteiger partial charge in [0.05, 0.1) is 17.1 Å². The summed E-state index contributed by atoms with van der Waals surface area (Å²) < 4.78 is 0. The first-order valence-corrected chi connectivity index (χ1v) is 7.20. The minimum Gasteiger partial charge on any atom is -0.370 e. The topological polar surface area (TPSA) is 74.5 Å². The van der Waals surface area contributed by atoms with Crippen molar-refractivity contribution in [1.82, 2.24) is 9.88 Å². The summed E-state index contributed by atoms with van der Waals surface area (Å²) in [7, 11) is 2.10. The molecule has 0 spiro atoms. The van der Waals surface area contributed by atoms with Gasteiger partial charge in [-0.25, -0.2) is 4.98 Å². The summed E-state index contributed by atoms with van der Waals surface area (Å²) in [5.74, 6) is 1.22. The second-order valence-corrected chi connectivity index (χ2v) is 6.01. The molecular formula is C14H23N5O2.